The van der Waals surface area contributed by atoms with Crippen LogP contribution in [0, 0.1) is 5.92 Å². The SMILES string of the molecule is CC(=O)C(C)Cc1c[nH]c2ccc(Br)cc2c1=O. The minimum Gasteiger partial charge on any atom is -0.361 e. The summed E-state index contributed by atoms with van der Waals surface area (Å²) in [4.78, 5) is 26.6. The van der Waals surface area contributed by atoms with E-state index < -0.39 is 0 Å². The smallest absolute Gasteiger partial charge is 0.192 e. The fraction of sp³-hybridized carbons (Fsp3) is 0.286. The third-order valence-corrected chi connectivity index (χ3v) is 3.63. The second-order valence-electron chi connectivity index (χ2n) is 4.55. The Labute approximate surface area is 113 Å². The number of aromatic amines is 1. The van der Waals surface area contributed by atoms with Gasteiger partial charge in [0.25, 0.3) is 0 Å². The number of aromatic nitrogens is 1. The maximum absolute atomic E-state index is 12.3. The molecule has 94 valence electrons. The Hall–Kier alpha value is -1.42. The first-order chi connectivity index (χ1) is 8.49. The van der Waals surface area contributed by atoms with Gasteiger partial charge in [-0.25, -0.2) is 0 Å². The Kier molecular flexibility index (Phi) is 3.66. The predicted octanol–water partition coefficient (Wildman–Crippen LogP) is 3.06. The molecule has 3 nitrogen and oxygen atoms in total. The molecule has 1 aromatic heterocycles. The van der Waals surface area contributed by atoms with Crippen molar-refractivity contribution in [2.75, 3.05) is 0 Å². The molecule has 1 aromatic carbocycles. The summed E-state index contributed by atoms with van der Waals surface area (Å²) in [5, 5.41) is 0.651. The zero-order chi connectivity index (χ0) is 13.3. The van der Waals surface area contributed by atoms with Crippen LogP contribution < -0.4 is 5.43 Å². The Morgan fingerprint density at radius 2 is 2.17 bits per heavy atom. The summed E-state index contributed by atoms with van der Waals surface area (Å²) < 4.78 is 0.872. The van der Waals surface area contributed by atoms with Crippen LogP contribution in [-0.4, -0.2) is 10.8 Å². The molecule has 0 fully saturated rings. The highest BCUT2D eigenvalue weighted by Gasteiger charge is 2.12. The van der Waals surface area contributed by atoms with Crippen LogP contribution in [0.5, 0.6) is 0 Å². The number of fused-ring (bicyclic) bond motifs is 1. The zero-order valence-electron chi connectivity index (χ0n) is 10.3. The average Bonchev–Trinajstić information content (AvgIpc) is 2.33. The van der Waals surface area contributed by atoms with Gasteiger partial charge in [0.2, 0.25) is 0 Å². The molecule has 4 heteroatoms. The predicted molar refractivity (Wildman–Crippen MR) is 75.8 cm³/mol. The number of H-pyrrole nitrogens is 1. The van der Waals surface area contributed by atoms with E-state index in [9.17, 15) is 9.59 Å². The first kappa shape index (κ1) is 13.0. The Balaban J connectivity index is 2.51. The first-order valence-corrected chi connectivity index (χ1v) is 6.58. The van der Waals surface area contributed by atoms with E-state index in [-0.39, 0.29) is 17.1 Å². The topological polar surface area (TPSA) is 49.9 Å². The van der Waals surface area contributed by atoms with Crippen molar-refractivity contribution in [3.63, 3.8) is 0 Å². The van der Waals surface area contributed by atoms with Gasteiger partial charge >= 0.3 is 0 Å². The van der Waals surface area contributed by atoms with Crippen molar-refractivity contribution in [1.82, 2.24) is 4.98 Å². The lowest BCUT2D eigenvalue weighted by Gasteiger charge is -2.08. The van der Waals surface area contributed by atoms with E-state index in [2.05, 4.69) is 20.9 Å². The van der Waals surface area contributed by atoms with Gasteiger partial charge in [0.05, 0.1) is 0 Å². The second kappa shape index (κ2) is 5.06. The van der Waals surface area contributed by atoms with E-state index in [1.54, 1.807) is 19.2 Å². The van der Waals surface area contributed by atoms with Crippen LogP contribution in [0.25, 0.3) is 10.9 Å². The Bertz CT molecular complexity index is 660. The van der Waals surface area contributed by atoms with Gasteiger partial charge in [0.1, 0.15) is 5.78 Å². The van der Waals surface area contributed by atoms with E-state index in [1.165, 1.54) is 0 Å². The van der Waals surface area contributed by atoms with E-state index in [1.807, 2.05) is 19.1 Å². The van der Waals surface area contributed by atoms with Crippen molar-refractivity contribution in [1.29, 1.82) is 0 Å². The summed E-state index contributed by atoms with van der Waals surface area (Å²) in [6.07, 6.45) is 2.19. The number of benzene rings is 1. The lowest BCUT2D eigenvalue weighted by molar-refractivity contribution is -0.120. The van der Waals surface area contributed by atoms with Gasteiger partial charge in [-0.2, -0.15) is 0 Å². The number of carbonyl (C=O) groups excluding carboxylic acids is 1. The van der Waals surface area contributed by atoms with Gasteiger partial charge in [-0.05, 0) is 31.5 Å². The molecule has 0 radical (unpaired) electrons. The maximum Gasteiger partial charge on any atom is 0.192 e. The molecule has 1 N–H and O–H groups in total. The highest BCUT2D eigenvalue weighted by molar-refractivity contribution is 9.10. The molecule has 2 aromatic rings. The third-order valence-electron chi connectivity index (χ3n) is 3.14. The normalized spacial score (nSPS) is 12.6. The molecule has 0 bridgehead atoms. The van der Waals surface area contributed by atoms with Gasteiger partial charge in [-0.1, -0.05) is 22.9 Å². The number of nitrogens with one attached hydrogen (secondary N) is 1. The molecule has 0 aliphatic heterocycles. The van der Waals surface area contributed by atoms with E-state index in [0.717, 1.165) is 9.99 Å². The van der Waals surface area contributed by atoms with Crippen molar-refractivity contribution in [3.8, 4) is 0 Å². The van der Waals surface area contributed by atoms with Crippen molar-refractivity contribution < 1.29 is 4.79 Å². The number of ketones is 1. The summed E-state index contributed by atoms with van der Waals surface area (Å²) in [5.74, 6) is -0.0283. The van der Waals surface area contributed by atoms with Gasteiger partial charge in [0.15, 0.2) is 5.43 Å². The highest BCUT2D eigenvalue weighted by atomic mass is 79.9. The van der Waals surface area contributed by atoms with Crippen molar-refractivity contribution in [2.45, 2.75) is 20.3 Å². The van der Waals surface area contributed by atoms with Crippen molar-refractivity contribution >= 4 is 32.6 Å². The maximum atomic E-state index is 12.3. The minimum atomic E-state index is -0.129. The molecule has 0 aliphatic carbocycles. The van der Waals surface area contributed by atoms with Crippen LogP contribution in [0.1, 0.15) is 19.4 Å². The molecule has 1 unspecified atom stereocenters. The fourth-order valence-corrected chi connectivity index (χ4v) is 2.22. The van der Waals surface area contributed by atoms with E-state index in [4.69, 9.17) is 0 Å². The molecule has 0 spiro atoms. The molecule has 1 atom stereocenters. The molecular weight excluding hydrogens is 294 g/mol. The number of Topliss-reactive ketones (excluding diaryl/α,β-unsaturated/α-hetero) is 1. The second-order valence-corrected chi connectivity index (χ2v) is 5.46. The molecule has 2 rings (SSSR count). The number of pyridine rings is 1. The number of hydrogen-bond acceptors (Lipinski definition) is 2. The van der Waals surface area contributed by atoms with E-state index in [0.29, 0.717) is 17.4 Å². The van der Waals surface area contributed by atoms with Crippen LogP contribution in [-0.2, 0) is 11.2 Å². The molecule has 0 saturated carbocycles. The van der Waals surface area contributed by atoms with Gasteiger partial charge in [-0.3, -0.25) is 9.59 Å². The van der Waals surface area contributed by atoms with E-state index >= 15 is 0 Å². The molecule has 0 aliphatic rings. The van der Waals surface area contributed by atoms with Crippen LogP contribution in [0.4, 0.5) is 0 Å². The summed E-state index contributed by atoms with van der Waals surface area (Å²) in [6.45, 7) is 3.39. The Morgan fingerprint density at radius 3 is 2.83 bits per heavy atom. The standard InChI is InChI=1S/C14H14BrNO2/c1-8(9(2)17)5-10-7-16-13-4-3-11(15)6-12(13)14(10)18/h3-4,6-8H,5H2,1-2H3,(H,16,18). The van der Waals surface area contributed by atoms with Crippen molar-refractivity contribution in [3.05, 3.63) is 44.7 Å². The van der Waals surface area contributed by atoms with Crippen LogP contribution in [0.3, 0.4) is 0 Å². The molecule has 0 saturated heterocycles. The minimum absolute atomic E-state index is 0.00171. The van der Waals surface area contributed by atoms with Crippen LogP contribution in [0.2, 0.25) is 0 Å². The number of halogens is 1. The monoisotopic (exact) mass is 307 g/mol. The quantitative estimate of drug-likeness (QED) is 0.947. The van der Waals surface area contributed by atoms with Crippen molar-refractivity contribution in [2.24, 2.45) is 5.92 Å². The molecule has 18 heavy (non-hydrogen) atoms. The lowest BCUT2D eigenvalue weighted by Crippen LogP contribution is -2.17. The first-order valence-electron chi connectivity index (χ1n) is 5.79. The molecule has 1 heterocycles. The highest BCUT2D eigenvalue weighted by Crippen LogP contribution is 2.16. The zero-order valence-corrected chi connectivity index (χ0v) is 11.9. The van der Waals surface area contributed by atoms with Crippen LogP contribution in [0.15, 0.2) is 33.7 Å². The number of rotatable bonds is 3. The number of carbonyl (C=O) groups is 1. The molecular formula is C14H14BrNO2. The van der Waals surface area contributed by atoms with Crippen LogP contribution >= 0.6 is 15.9 Å². The number of hydrogen-bond donors (Lipinski definition) is 1. The lowest BCUT2D eigenvalue weighted by atomic mass is 9.98. The van der Waals surface area contributed by atoms with Gasteiger partial charge < -0.3 is 4.98 Å². The van der Waals surface area contributed by atoms with Gasteiger partial charge in [0, 0.05) is 33.1 Å². The fourth-order valence-electron chi connectivity index (χ4n) is 1.86. The average molecular weight is 308 g/mol. The third kappa shape index (κ3) is 2.53. The summed E-state index contributed by atoms with van der Waals surface area (Å²) in [6, 6.07) is 5.55. The summed E-state index contributed by atoms with van der Waals surface area (Å²) in [7, 11) is 0. The summed E-state index contributed by atoms with van der Waals surface area (Å²) >= 11 is 3.36. The summed E-state index contributed by atoms with van der Waals surface area (Å²) in [5.41, 5.74) is 1.46. The largest absolute Gasteiger partial charge is 0.361 e. The molecule has 0 amide bonds. The van der Waals surface area contributed by atoms with Gasteiger partial charge in [-0.15, -0.1) is 0 Å². The Morgan fingerprint density at radius 1 is 1.44 bits per heavy atom.